The van der Waals surface area contributed by atoms with Crippen LogP contribution in [0.4, 0.5) is 20.4 Å². The Balaban J connectivity index is 2.26. The molecule has 18 heavy (non-hydrogen) atoms. The quantitative estimate of drug-likeness (QED) is 0.643. The van der Waals surface area contributed by atoms with E-state index in [1.807, 2.05) is 4.90 Å². The van der Waals surface area contributed by atoms with Crippen LogP contribution in [0.2, 0.25) is 0 Å². The van der Waals surface area contributed by atoms with Gasteiger partial charge in [-0.25, -0.2) is 19.6 Å². The first-order chi connectivity index (χ1) is 8.65. The molecule has 2 rings (SSSR count). The standard InChI is InChI=1S/C12H18F2N4/c1-2-8-4-3-5-18(7-8)12-10(14)6-9(13)11(16-12)17-15/h6,8H,2-5,7,15H2,1H3,(H,16,17). The van der Waals surface area contributed by atoms with Crippen molar-refractivity contribution in [2.75, 3.05) is 23.4 Å². The van der Waals surface area contributed by atoms with Crippen molar-refractivity contribution in [1.82, 2.24) is 4.98 Å². The fourth-order valence-electron chi connectivity index (χ4n) is 2.37. The van der Waals surface area contributed by atoms with Gasteiger partial charge in [-0.3, -0.25) is 0 Å². The zero-order valence-corrected chi connectivity index (χ0v) is 10.4. The molecule has 1 aliphatic rings. The second kappa shape index (κ2) is 5.48. The summed E-state index contributed by atoms with van der Waals surface area (Å²) in [6.07, 6.45) is 3.21. The van der Waals surface area contributed by atoms with E-state index in [0.29, 0.717) is 5.92 Å². The third-order valence-corrected chi connectivity index (χ3v) is 3.44. The number of aromatic nitrogens is 1. The van der Waals surface area contributed by atoms with Gasteiger partial charge in [0.05, 0.1) is 0 Å². The summed E-state index contributed by atoms with van der Waals surface area (Å²) in [6, 6.07) is 0.826. The molecule has 3 N–H and O–H groups in total. The molecule has 4 nitrogen and oxygen atoms in total. The van der Waals surface area contributed by atoms with Gasteiger partial charge >= 0.3 is 0 Å². The molecule has 1 atom stereocenters. The SMILES string of the molecule is CCC1CCCN(c2nc(NN)c(F)cc2F)C1. The zero-order valence-electron chi connectivity index (χ0n) is 10.4. The summed E-state index contributed by atoms with van der Waals surface area (Å²) in [5.74, 6) is 4.35. The van der Waals surface area contributed by atoms with Gasteiger partial charge in [0.2, 0.25) is 0 Å². The number of hydrogen-bond acceptors (Lipinski definition) is 4. The third-order valence-electron chi connectivity index (χ3n) is 3.44. The van der Waals surface area contributed by atoms with Crippen molar-refractivity contribution in [3.8, 4) is 0 Å². The summed E-state index contributed by atoms with van der Waals surface area (Å²) in [5, 5.41) is 0. The van der Waals surface area contributed by atoms with Gasteiger partial charge in [0, 0.05) is 19.2 Å². The predicted molar refractivity (Wildman–Crippen MR) is 67.2 cm³/mol. The molecule has 6 heteroatoms. The summed E-state index contributed by atoms with van der Waals surface area (Å²) in [5.41, 5.74) is 2.15. The van der Waals surface area contributed by atoms with E-state index in [4.69, 9.17) is 5.84 Å². The second-order valence-corrected chi connectivity index (χ2v) is 4.63. The molecule has 1 aromatic heterocycles. The van der Waals surface area contributed by atoms with Crippen LogP contribution in [-0.4, -0.2) is 18.1 Å². The van der Waals surface area contributed by atoms with E-state index in [0.717, 1.165) is 38.4 Å². The Morgan fingerprint density at radius 3 is 2.94 bits per heavy atom. The minimum atomic E-state index is -0.775. The molecule has 1 aliphatic heterocycles. The first-order valence-corrected chi connectivity index (χ1v) is 6.23. The highest BCUT2D eigenvalue weighted by Gasteiger charge is 2.23. The van der Waals surface area contributed by atoms with Gasteiger partial charge < -0.3 is 10.3 Å². The maximum absolute atomic E-state index is 13.8. The van der Waals surface area contributed by atoms with E-state index >= 15 is 0 Å². The van der Waals surface area contributed by atoms with Crippen LogP contribution in [-0.2, 0) is 0 Å². The Morgan fingerprint density at radius 1 is 1.50 bits per heavy atom. The molecule has 1 saturated heterocycles. The van der Waals surface area contributed by atoms with Crippen LogP contribution in [0.15, 0.2) is 6.07 Å². The lowest BCUT2D eigenvalue weighted by molar-refractivity contribution is 0.399. The Morgan fingerprint density at radius 2 is 2.28 bits per heavy atom. The number of piperidine rings is 1. The van der Waals surface area contributed by atoms with E-state index in [1.165, 1.54) is 0 Å². The van der Waals surface area contributed by atoms with Gasteiger partial charge in [0.25, 0.3) is 0 Å². The number of nitrogen functional groups attached to an aromatic ring is 1. The number of hydrogen-bond donors (Lipinski definition) is 2. The molecule has 0 amide bonds. The van der Waals surface area contributed by atoms with Crippen LogP contribution in [0.1, 0.15) is 26.2 Å². The predicted octanol–water partition coefficient (Wildman–Crippen LogP) is 2.27. The molecule has 1 aromatic rings. The maximum Gasteiger partial charge on any atom is 0.178 e. The van der Waals surface area contributed by atoms with Crippen LogP contribution in [0.25, 0.3) is 0 Å². The van der Waals surface area contributed by atoms with E-state index in [9.17, 15) is 8.78 Å². The fraction of sp³-hybridized carbons (Fsp3) is 0.583. The lowest BCUT2D eigenvalue weighted by atomic mass is 9.96. The number of halogens is 2. The first-order valence-electron chi connectivity index (χ1n) is 6.23. The van der Waals surface area contributed by atoms with Crippen molar-refractivity contribution < 1.29 is 8.78 Å². The smallest absolute Gasteiger partial charge is 0.178 e. The molecule has 0 radical (unpaired) electrons. The number of nitrogens with one attached hydrogen (secondary N) is 1. The summed E-state index contributed by atoms with van der Waals surface area (Å²) >= 11 is 0. The normalized spacial score (nSPS) is 20.0. The first kappa shape index (κ1) is 13.0. The van der Waals surface area contributed by atoms with Gasteiger partial charge in [-0.05, 0) is 18.8 Å². The van der Waals surface area contributed by atoms with Gasteiger partial charge in [-0.15, -0.1) is 0 Å². The number of pyridine rings is 1. The number of rotatable bonds is 3. The van der Waals surface area contributed by atoms with Crippen molar-refractivity contribution in [2.45, 2.75) is 26.2 Å². The van der Waals surface area contributed by atoms with Gasteiger partial charge in [-0.1, -0.05) is 13.3 Å². The highest BCUT2D eigenvalue weighted by Crippen LogP contribution is 2.27. The molecule has 0 saturated carbocycles. The highest BCUT2D eigenvalue weighted by molar-refractivity contribution is 5.49. The van der Waals surface area contributed by atoms with E-state index in [2.05, 4.69) is 17.3 Å². The lowest BCUT2D eigenvalue weighted by Gasteiger charge is -2.33. The highest BCUT2D eigenvalue weighted by atomic mass is 19.1. The molecule has 1 fully saturated rings. The second-order valence-electron chi connectivity index (χ2n) is 4.63. The largest absolute Gasteiger partial charge is 0.354 e. The molecule has 0 bridgehead atoms. The summed E-state index contributed by atoms with van der Waals surface area (Å²) < 4.78 is 27.0. The average molecular weight is 256 g/mol. The Bertz CT molecular complexity index is 425. The van der Waals surface area contributed by atoms with Gasteiger partial charge in [0.1, 0.15) is 0 Å². The van der Waals surface area contributed by atoms with Crippen molar-refractivity contribution in [2.24, 2.45) is 11.8 Å². The van der Waals surface area contributed by atoms with Crippen LogP contribution in [0.5, 0.6) is 0 Å². The monoisotopic (exact) mass is 256 g/mol. The fourth-order valence-corrected chi connectivity index (χ4v) is 2.37. The zero-order chi connectivity index (χ0) is 13.1. The number of anilines is 2. The van der Waals surface area contributed by atoms with Crippen molar-refractivity contribution in [3.63, 3.8) is 0 Å². The van der Waals surface area contributed by atoms with Gasteiger partial charge in [0.15, 0.2) is 23.3 Å². The van der Waals surface area contributed by atoms with Crippen LogP contribution in [0.3, 0.4) is 0 Å². The maximum atomic E-state index is 13.8. The van der Waals surface area contributed by atoms with Gasteiger partial charge in [-0.2, -0.15) is 0 Å². The molecule has 1 unspecified atom stereocenters. The molecular formula is C12H18F2N4. The van der Waals surface area contributed by atoms with Crippen molar-refractivity contribution >= 4 is 11.6 Å². The van der Waals surface area contributed by atoms with Crippen LogP contribution >= 0.6 is 0 Å². The molecule has 100 valence electrons. The number of nitrogens with two attached hydrogens (primary N) is 1. The minimum absolute atomic E-state index is 0.120. The molecule has 0 aromatic carbocycles. The Kier molecular flexibility index (Phi) is 3.96. The lowest BCUT2D eigenvalue weighted by Crippen LogP contribution is -2.36. The Hall–Kier alpha value is -1.43. The van der Waals surface area contributed by atoms with E-state index in [-0.39, 0.29) is 11.6 Å². The van der Waals surface area contributed by atoms with Crippen molar-refractivity contribution in [1.29, 1.82) is 0 Å². The summed E-state index contributed by atoms with van der Waals surface area (Å²) in [4.78, 5) is 5.79. The van der Waals surface area contributed by atoms with Crippen LogP contribution in [0, 0.1) is 17.6 Å². The van der Waals surface area contributed by atoms with Crippen LogP contribution < -0.4 is 16.2 Å². The molecular weight excluding hydrogens is 238 g/mol. The molecule has 0 aliphatic carbocycles. The molecule has 0 spiro atoms. The van der Waals surface area contributed by atoms with Crippen molar-refractivity contribution in [3.05, 3.63) is 17.7 Å². The van der Waals surface area contributed by atoms with E-state index in [1.54, 1.807) is 0 Å². The Labute approximate surface area is 105 Å². The minimum Gasteiger partial charge on any atom is -0.354 e. The third kappa shape index (κ3) is 2.53. The number of hydrazine groups is 1. The summed E-state index contributed by atoms with van der Waals surface area (Å²) in [7, 11) is 0. The van der Waals surface area contributed by atoms with E-state index < -0.39 is 11.6 Å². The molecule has 2 heterocycles. The number of nitrogens with zero attached hydrogens (tertiary/aromatic N) is 2. The average Bonchev–Trinajstić information content (AvgIpc) is 2.39. The topological polar surface area (TPSA) is 54.2 Å². The summed E-state index contributed by atoms with van der Waals surface area (Å²) in [6.45, 7) is 3.63.